The number of aromatic nitrogens is 4. The number of fused-ring (bicyclic) bond motifs is 1. The molecule has 0 radical (unpaired) electrons. The Labute approximate surface area is 168 Å². The van der Waals surface area contributed by atoms with E-state index in [1.54, 1.807) is 6.07 Å². The van der Waals surface area contributed by atoms with Crippen LogP contribution in [0, 0.1) is 6.92 Å². The number of amides is 1. The third-order valence-corrected chi connectivity index (χ3v) is 6.81. The first-order valence-corrected chi connectivity index (χ1v) is 11.2. The Morgan fingerprint density at radius 1 is 1.26 bits per heavy atom. The van der Waals surface area contributed by atoms with Crippen LogP contribution < -0.4 is 10.9 Å². The summed E-state index contributed by atoms with van der Waals surface area (Å²) in [6.07, 6.45) is 0.917. The molecular weight excluding hydrogens is 402 g/mol. The van der Waals surface area contributed by atoms with E-state index in [1.165, 1.54) is 34.9 Å². The van der Waals surface area contributed by atoms with E-state index in [-0.39, 0.29) is 11.5 Å². The lowest BCUT2D eigenvalue weighted by Crippen LogP contribution is -2.25. The quantitative estimate of drug-likeness (QED) is 0.539. The van der Waals surface area contributed by atoms with E-state index in [0.29, 0.717) is 29.3 Å². The van der Waals surface area contributed by atoms with Crippen molar-refractivity contribution < 1.29 is 4.79 Å². The summed E-state index contributed by atoms with van der Waals surface area (Å²) < 4.78 is 1.53. The number of nitrogens with zero attached hydrogens (tertiary/aromatic N) is 3. The molecule has 142 valence electrons. The minimum atomic E-state index is -0.133. The average Bonchev–Trinajstić information content (AvgIpc) is 3.12. The van der Waals surface area contributed by atoms with E-state index < -0.39 is 0 Å². The Morgan fingerprint density at radius 3 is 2.81 bits per heavy atom. The summed E-state index contributed by atoms with van der Waals surface area (Å²) in [6.45, 7) is 4.64. The normalized spacial score (nSPS) is 11.0. The summed E-state index contributed by atoms with van der Waals surface area (Å²) in [5.74, 6) is 1.43. The number of benzene rings is 1. The molecule has 2 N–H and O–H groups in total. The maximum atomic E-state index is 12.2. The van der Waals surface area contributed by atoms with Gasteiger partial charge in [0.2, 0.25) is 5.91 Å². The minimum Gasteiger partial charge on any atom is -0.355 e. The van der Waals surface area contributed by atoms with Gasteiger partial charge in [0, 0.05) is 6.54 Å². The third kappa shape index (κ3) is 5.30. The number of para-hydroxylation sites is 1. The molecule has 0 bridgehead atoms. The van der Waals surface area contributed by atoms with Crippen molar-refractivity contribution in [1.82, 2.24) is 25.5 Å². The van der Waals surface area contributed by atoms with Gasteiger partial charge >= 0.3 is 0 Å². The predicted molar refractivity (Wildman–Crippen MR) is 111 cm³/mol. The first kappa shape index (κ1) is 19.8. The lowest BCUT2D eigenvalue weighted by Gasteiger charge is -2.03. The molecule has 3 rings (SSSR count). The van der Waals surface area contributed by atoms with E-state index in [9.17, 15) is 9.59 Å². The zero-order chi connectivity index (χ0) is 19.2. The van der Waals surface area contributed by atoms with Gasteiger partial charge in [0.25, 0.3) is 5.56 Å². The van der Waals surface area contributed by atoms with Gasteiger partial charge in [-0.3, -0.25) is 9.59 Å². The second-order valence-corrected chi connectivity index (χ2v) is 9.17. The van der Waals surface area contributed by atoms with Crippen molar-refractivity contribution in [3.63, 3.8) is 0 Å². The third-order valence-electron chi connectivity index (χ3n) is 3.61. The van der Waals surface area contributed by atoms with Crippen LogP contribution in [-0.4, -0.2) is 38.4 Å². The molecule has 0 unspecified atom stereocenters. The van der Waals surface area contributed by atoms with Crippen LogP contribution in [0.15, 0.2) is 31.7 Å². The number of rotatable bonds is 8. The second-order valence-electron chi connectivity index (χ2n) is 5.74. The minimum absolute atomic E-state index is 0.000406. The Morgan fingerprint density at radius 2 is 2.04 bits per heavy atom. The SMILES string of the molecule is CCCNC(=O)CSc1nnc(SCc2nc3c(C)cccc3c(=O)[nH]2)s1. The number of carbonyl (C=O) groups is 1. The topological polar surface area (TPSA) is 101 Å². The van der Waals surface area contributed by atoms with Gasteiger partial charge in [0.15, 0.2) is 8.68 Å². The maximum absolute atomic E-state index is 12.2. The van der Waals surface area contributed by atoms with E-state index in [2.05, 4.69) is 25.5 Å². The van der Waals surface area contributed by atoms with Crippen molar-refractivity contribution in [2.75, 3.05) is 12.3 Å². The molecule has 1 amide bonds. The van der Waals surface area contributed by atoms with Crippen LogP contribution in [0.1, 0.15) is 24.7 Å². The molecule has 10 heteroatoms. The van der Waals surface area contributed by atoms with Crippen LogP contribution in [0.25, 0.3) is 10.9 Å². The molecule has 0 aliphatic carbocycles. The monoisotopic (exact) mass is 421 g/mol. The second kappa shape index (κ2) is 9.34. The molecule has 3 aromatic rings. The van der Waals surface area contributed by atoms with Crippen molar-refractivity contribution in [3.05, 3.63) is 39.9 Å². The lowest BCUT2D eigenvalue weighted by atomic mass is 10.1. The smallest absolute Gasteiger partial charge is 0.258 e. The number of H-pyrrole nitrogens is 1. The highest BCUT2D eigenvalue weighted by atomic mass is 32.2. The molecule has 7 nitrogen and oxygen atoms in total. The highest BCUT2D eigenvalue weighted by Crippen LogP contribution is 2.30. The average molecular weight is 422 g/mol. The standard InChI is InChI=1S/C17H19N5O2S3/c1-3-7-18-13(23)9-26-17-22-21-16(27-17)25-8-12-19-14-10(2)5-4-6-11(14)15(24)20-12/h4-6H,3,7-9H2,1-2H3,(H,18,23)(H,19,20,24). The summed E-state index contributed by atoms with van der Waals surface area (Å²) in [7, 11) is 0. The van der Waals surface area contributed by atoms with Crippen molar-refractivity contribution in [2.45, 2.75) is 34.7 Å². The number of aryl methyl sites for hydroxylation is 1. The fourth-order valence-electron chi connectivity index (χ4n) is 2.31. The van der Waals surface area contributed by atoms with Crippen molar-refractivity contribution in [3.8, 4) is 0 Å². The molecule has 0 spiro atoms. The number of nitrogens with one attached hydrogen (secondary N) is 2. The molecule has 0 saturated carbocycles. The van der Waals surface area contributed by atoms with Crippen LogP contribution in [0.3, 0.4) is 0 Å². The van der Waals surface area contributed by atoms with Crippen molar-refractivity contribution in [1.29, 1.82) is 0 Å². The number of thioether (sulfide) groups is 2. The first-order chi connectivity index (χ1) is 13.1. The number of carbonyl (C=O) groups excluding carboxylic acids is 1. The molecule has 0 fully saturated rings. The Hall–Kier alpha value is -1.91. The van der Waals surface area contributed by atoms with Gasteiger partial charge in [-0.05, 0) is 25.0 Å². The molecule has 0 saturated heterocycles. The molecule has 0 atom stereocenters. The molecule has 2 heterocycles. The number of hydrogen-bond donors (Lipinski definition) is 2. The highest BCUT2D eigenvalue weighted by Gasteiger charge is 2.10. The largest absolute Gasteiger partial charge is 0.355 e. The predicted octanol–water partition coefficient (Wildman–Crippen LogP) is 2.99. The van der Waals surface area contributed by atoms with Gasteiger partial charge in [-0.2, -0.15) is 0 Å². The molecule has 0 aliphatic heterocycles. The van der Waals surface area contributed by atoms with Gasteiger partial charge in [0.1, 0.15) is 5.82 Å². The van der Waals surface area contributed by atoms with Gasteiger partial charge in [0.05, 0.1) is 22.4 Å². The number of aromatic amines is 1. The Balaban J connectivity index is 1.60. The van der Waals surface area contributed by atoms with Gasteiger partial charge in [-0.15, -0.1) is 10.2 Å². The fraction of sp³-hybridized carbons (Fsp3) is 0.353. The van der Waals surface area contributed by atoms with E-state index in [4.69, 9.17) is 0 Å². The lowest BCUT2D eigenvalue weighted by molar-refractivity contribution is -0.118. The van der Waals surface area contributed by atoms with Crippen LogP contribution in [0.4, 0.5) is 0 Å². The van der Waals surface area contributed by atoms with Crippen LogP contribution >= 0.6 is 34.9 Å². The highest BCUT2D eigenvalue weighted by molar-refractivity contribution is 8.03. The van der Waals surface area contributed by atoms with Crippen LogP contribution in [-0.2, 0) is 10.5 Å². The van der Waals surface area contributed by atoms with E-state index in [0.717, 1.165) is 26.2 Å². The van der Waals surface area contributed by atoms with Gasteiger partial charge in [-0.1, -0.05) is 53.9 Å². The van der Waals surface area contributed by atoms with Crippen LogP contribution in [0.2, 0.25) is 0 Å². The van der Waals surface area contributed by atoms with E-state index >= 15 is 0 Å². The maximum Gasteiger partial charge on any atom is 0.258 e. The number of hydrogen-bond acceptors (Lipinski definition) is 8. The van der Waals surface area contributed by atoms with Gasteiger partial charge < -0.3 is 10.3 Å². The zero-order valence-electron chi connectivity index (χ0n) is 14.9. The summed E-state index contributed by atoms with van der Waals surface area (Å²) >= 11 is 4.27. The zero-order valence-corrected chi connectivity index (χ0v) is 17.4. The molecular formula is C17H19N5O2S3. The molecule has 0 aliphatic rings. The molecule has 1 aromatic carbocycles. The summed E-state index contributed by atoms with van der Waals surface area (Å²) in [5, 5.41) is 11.7. The van der Waals surface area contributed by atoms with E-state index in [1.807, 2.05) is 26.0 Å². The first-order valence-electron chi connectivity index (χ1n) is 8.41. The summed E-state index contributed by atoms with van der Waals surface area (Å²) in [5.41, 5.74) is 1.56. The van der Waals surface area contributed by atoms with Gasteiger partial charge in [-0.25, -0.2) is 4.98 Å². The fourth-order valence-corrected chi connectivity index (χ4v) is 5.03. The summed E-state index contributed by atoms with van der Waals surface area (Å²) in [6, 6.07) is 5.57. The van der Waals surface area contributed by atoms with Crippen LogP contribution in [0.5, 0.6) is 0 Å². The Kier molecular flexibility index (Phi) is 6.86. The molecule has 2 aromatic heterocycles. The Bertz CT molecular complexity index is 1000. The summed E-state index contributed by atoms with van der Waals surface area (Å²) in [4.78, 5) is 31.2. The molecule has 27 heavy (non-hydrogen) atoms. The van der Waals surface area contributed by atoms with Crippen molar-refractivity contribution in [2.24, 2.45) is 0 Å². The van der Waals surface area contributed by atoms with Crippen molar-refractivity contribution >= 4 is 51.7 Å².